The van der Waals surface area contributed by atoms with Crippen LogP contribution >= 0.6 is 11.3 Å². The second kappa shape index (κ2) is 5.54. The van der Waals surface area contributed by atoms with Gasteiger partial charge in [-0.1, -0.05) is 0 Å². The van der Waals surface area contributed by atoms with E-state index in [1.165, 1.54) is 23.5 Å². The van der Waals surface area contributed by atoms with Crippen LogP contribution in [0.2, 0.25) is 0 Å². The highest BCUT2D eigenvalue weighted by atomic mass is 32.1. The summed E-state index contributed by atoms with van der Waals surface area (Å²) in [6.45, 7) is 3.18. The highest BCUT2D eigenvalue weighted by molar-refractivity contribution is 7.09. The van der Waals surface area contributed by atoms with Crippen LogP contribution in [-0.2, 0) is 6.54 Å². The molecule has 21 heavy (non-hydrogen) atoms. The SMILES string of the molecule is c1csc(CN2CCC[C@@H](c3ccc4cn[nH]c4n3)C2)n1. The molecule has 1 aliphatic heterocycles. The lowest BCUT2D eigenvalue weighted by Gasteiger charge is -2.31. The Morgan fingerprint density at radius 3 is 3.29 bits per heavy atom. The lowest BCUT2D eigenvalue weighted by molar-refractivity contribution is 0.198. The highest BCUT2D eigenvalue weighted by Crippen LogP contribution is 2.27. The van der Waals surface area contributed by atoms with Gasteiger partial charge in [0.25, 0.3) is 0 Å². The summed E-state index contributed by atoms with van der Waals surface area (Å²) in [5.74, 6) is 0.506. The van der Waals surface area contributed by atoms with Gasteiger partial charge in [-0.3, -0.25) is 10.00 Å². The fourth-order valence-corrected chi connectivity index (χ4v) is 3.69. The summed E-state index contributed by atoms with van der Waals surface area (Å²) < 4.78 is 0. The zero-order valence-corrected chi connectivity index (χ0v) is 12.5. The van der Waals surface area contributed by atoms with E-state index in [9.17, 15) is 0 Å². The number of H-pyrrole nitrogens is 1. The third kappa shape index (κ3) is 2.69. The van der Waals surface area contributed by atoms with E-state index in [2.05, 4.69) is 32.2 Å². The van der Waals surface area contributed by atoms with Crippen molar-refractivity contribution in [3.63, 3.8) is 0 Å². The Labute approximate surface area is 127 Å². The highest BCUT2D eigenvalue weighted by Gasteiger charge is 2.23. The molecule has 5 nitrogen and oxygen atoms in total. The monoisotopic (exact) mass is 299 g/mol. The Balaban J connectivity index is 1.51. The van der Waals surface area contributed by atoms with Crippen molar-refractivity contribution in [3.8, 4) is 0 Å². The number of pyridine rings is 1. The molecule has 0 saturated carbocycles. The summed E-state index contributed by atoms with van der Waals surface area (Å²) in [7, 11) is 0. The van der Waals surface area contributed by atoms with Gasteiger partial charge in [0.1, 0.15) is 5.01 Å². The Kier molecular flexibility index (Phi) is 3.40. The van der Waals surface area contributed by atoms with Gasteiger partial charge in [-0.25, -0.2) is 9.97 Å². The number of rotatable bonds is 3. The second-order valence-corrected chi connectivity index (χ2v) is 6.52. The Bertz CT molecular complexity index is 721. The molecule has 1 N–H and O–H groups in total. The maximum atomic E-state index is 4.73. The molecule has 0 amide bonds. The van der Waals surface area contributed by atoms with E-state index in [0.717, 1.165) is 30.7 Å². The minimum Gasteiger partial charge on any atom is -0.296 e. The molecule has 3 aromatic heterocycles. The number of nitrogens with zero attached hydrogens (tertiary/aromatic N) is 4. The minimum absolute atomic E-state index is 0.506. The van der Waals surface area contributed by atoms with Crippen molar-refractivity contribution in [2.45, 2.75) is 25.3 Å². The molecule has 1 fully saturated rings. The number of likely N-dealkylation sites (tertiary alicyclic amines) is 1. The normalized spacial score (nSPS) is 20.1. The second-order valence-electron chi connectivity index (χ2n) is 5.54. The van der Waals surface area contributed by atoms with Crippen LogP contribution < -0.4 is 0 Å². The van der Waals surface area contributed by atoms with Gasteiger partial charge in [-0.15, -0.1) is 11.3 Å². The third-order valence-electron chi connectivity index (χ3n) is 4.09. The zero-order chi connectivity index (χ0) is 14.1. The maximum absolute atomic E-state index is 4.73. The van der Waals surface area contributed by atoms with E-state index >= 15 is 0 Å². The van der Waals surface area contributed by atoms with E-state index in [4.69, 9.17) is 4.98 Å². The lowest BCUT2D eigenvalue weighted by atomic mass is 9.94. The largest absolute Gasteiger partial charge is 0.296 e. The van der Waals surface area contributed by atoms with Gasteiger partial charge in [0.2, 0.25) is 0 Å². The summed E-state index contributed by atoms with van der Waals surface area (Å²) >= 11 is 1.73. The quantitative estimate of drug-likeness (QED) is 0.808. The average molecular weight is 299 g/mol. The molecule has 1 saturated heterocycles. The fourth-order valence-electron chi connectivity index (χ4n) is 3.03. The number of hydrogen-bond acceptors (Lipinski definition) is 5. The topological polar surface area (TPSA) is 57.7 Å². The van der Waals surface area contributed by atoms with Crippen LogP contribution in [0.4, 0.5) is 0 Å². The molecular formula is C15H17N5S. The van der Waals surface area contributed by atoms with Gasteiger partial charge in [0.05, 0.1) is 12.7 Å². The third-order valence-corrected chi connectivity index (χ3v) is 4.85. The standard InChI is InChI=1S/C15H17N5S/c1-2-12(9-20(6-1)10-14-16-5-7-21-14)13-4-3-11-8-17-19-15(11)18-13/h3-5,7-8,12H,1-2,6,9-10H2,(H,17,18,19)/t12-/m1/s1. The molecule has 0 bridgehead atoms. The zero-order valence-electron chi connectivity index (χ0n) is 11.7. The van der Waals surface area contributed by atoms with Gasteiger partial charge in [-0.05, 0) is 31.5 Å². The molecule has 0 unspecified atom stereocenters. The van der Waals surface area contributed by atoms with Crippen molar-refractivity contribution < 1.29 is 0 Å². The first-order valence-electron chi connectivity index (χ1n) is 7.29. The number of thiazole rings is 1. The van der Waals surface area contributed by atoms with Gasteiger partial charge < -0.3 is 0 Å². The molecule has 0 aliphatic carbocycles. The minimum atomic E-state index is 0.506. The van der Waals surface area contributed by atoms with Gasteiger partial charge in [-0.2, -0.15) is 5.10 Å². The van der Waals surface area contributed by atoms with E-state index in [1.807, 2.05) is 17.8 Å². The van der Waals surface area contributed by atoms with Gasteiger partial charge in [0, 0.05) is 35.1 Å². The molecule has 1 aliphatic rings. The number of aromatic amines is 1. The summed E-state index contributed by atoms with van der Waals surface area (Å²) in [4.78, 5) is 11.6. The average Bonchev–Trinajstić information content (AvgIpc) is 3.17. The van der Waals surface area contributed by atoms with Crippen LogP contribution in [0.1, 0.15) is 29.5 Å². The molecule has 3 aromatic rings. The number of nitrogens with one attached hydrogen (secondary N) is 1. The van der Waals surface area contributed by atoms with E-state index < -0.39 is 0 Å². The molecule has 1 atom stereocenters. The van der Waals surface area contributed by atoms with Gasteiger partial charge in [0.15, 0.2) is 5.65 Å². The fraction of sp³-hybridized carbons (Fsp3) is 0.400. The van der Waals surface area contributed by atoms with Gasteiger partial charge >= 0.3 is 0 Å². The first-order valence-corrected chi connectivity index (χ1v) is 8.17. The van der Waals surface area contributed by atoms with Crippen LogP contribution in [0.15, 0.2) is 29.9 Å². The van der Waals surface area contributed by atoms with Crippen molar-refractivity contribution in [1.82, 2.24) is 25.1 Å². The van der Waals surface area contributed by atoms with Crippen LogP contribution in [0.5, 0.6) is 0 Å². The molecular weight excluding hydrogens is 282 g/mol. The Hall–Kier alpha value is -1.79. The van der Waals surface area contributed by atoms with Crippen LogP contribution in [-0.4, -0.2) is 38.2 Å². The molecule has 0 spiro atoms. The molecule has 4 rings (SSSR count). The van der Waals surface area contributed by atoms with Crippen LogP contribution in [0, 0.1) is 0 Å². The summed E-state index contributed by atoms with van der Waals surface area (Å²) in [6.07, 6.45) is 6.14. The molecule has 6 heteroatoms. The number of hydrogen-bond donors (Lipinski definition) is 1. The van der Waals surface area contributed by atoms with E-state index in [-0.39, 0.29) is 0 Å². The number of fused-ring (bicyclic) bond motifs is 1. The van der Waals surface area contributed by atoms with Crippen molar-refractivity contribution in [1.29, 1.82) is 0 Å². The summed E-state index contributed by atoms with van der Waals surface area (Å²) in [5.41, 5.74) is 2.07. The Morgan fingerprint density at radius 1 is 1.38 bits per heavy atom. The maximum Gasteiger partial charge on any atom is 0.155 e. The lowest BCUT2D eigenvalue weighted by Crippen LogP contribution is -2.34. The summed E-state index contributed by atoms with van der Waals surface area (Å²) in [5, 5.41) is 11.3. The predicted molar refractivity (Wildman–Crippen MR) is 83.3 cm³/mol. The Morgan fingerprint density at radius 2 is 2.38 bits per heavy atom. The van der Waals surface area contributed by atoms with E-state index in [1.54, 1.807) is 11.3 Å². The first kappa shape index (κ1) is 12.9. The molecule has 0 radical (unpaired) electrons. The molecule has 108 valence electrons. The smallest absolute Gasteiger partial charge is 0.155 e. The van der Waals surface area contributed by atoms with Crippen LogP contribution in [0.25, 0.3) is 11.0 Å². The van der Waals surface area contributed by atoms with Crippen LogP contribution in [0.3, 0.4) is 0 Å². The van der Waals surface area contributed by atoms with Crippen molar-refractivity contribution in [2.75, 3.05) is 13.1 Å². The summed E-state index contributed by atoms with van der Waals surface area (Å²) in [6, 6.07) is 4.26. The number of aromatic nitrogens is 4. The number of piperidine rings is 1. The van der Waals surface area contributed by atoms with Crippen molar-refractivity contribution in [3.05, 3.63) is 40.6 Å². The van der Waals surface area contributed by atoms with E-state index in [0.29, 0.717) is 5.92 Å². The van der Waals surface area contributed by atoms with Crippen molar-refractivity contribution >= 4 is 22.4 Å². The van der Waals surface area contributed by atoms with Crippen molar-refractivity contribution in [2.24, 2.45) is 0 Å². The molecule has 0 aromatic carbocycles. The first-order chi connectivity index (χ1) is 10.4. The predicted octanol–water partition coefficient (Wildman–Crippen LogP) is 2.79. The molecule has 4 heterocycles.